The predicted octanol–water partition coefficient (Wildman–Crippen LogP) is 3.99. The summed E-state index contributed by atoms with van der Waals surface area (Å²) >= 11 is 6.16. The van der Waals surface area contributed by atoms with Gasteiger partial charge in [-0.05, 0) is 55.2 Å². The van der Waals surface area contributed by atoms with E-state index in [1.807, 2.05) is 11.8 Å². The Morgan fingerprint density at radius 2 is 1.67 bits per heavy atom. The molecular weight excluding hydrogens is 402 g/mol. The second-order valence-electron chi connectivity index (χ2n) is 7.55. The molecular formula is C23H22ClN3O3. The number of hydrogen-bond acceptors (Lipinski definition) is 4. The zero-order valence-corrected chi connectivity index (χ0v) is 17.6. The highest BCUT2D eigenvalue weighted by Crippen LogP contribution is 2.38. The van der Waals surface area contributed by atoms with Crippen molar-refractivity contribution < 1.29 is 14.4 Å². The largest absolute Gasteiger partial charge is 0.366 e. The van der Waals surface area contributed by atoms with Crippen molar-refractivity contribution >= 4 is 46.3 Å². The van der Waals surface area contributed by atoms with E-state index in [1.165, 1.54) is 11.8 Å². The van der Waals surface area contributed by atoms with Gasteiger partial charge in [-0.25, -0.2) is 4.90 Å². The number of halogens is 1. The van der Waals surface area contributed by atoms with Crippen LogP contribution in [0.15, 0.2) is 48.2 Å². The van der Waals surface area contributed by atoms with Crippen LogP contribution in [0.4, 0.5) is 11.4 Å². The molecule has 2 aromatic rings. The van der Waals surface area contributed by atoms with Crippen molar-refractivity contribution in [1.29, 1.82) is 0 Å². The van der Waals surface area contributed by atoms with E-state index in [9.17, 15) is 14.4 Å². The molecule has 1 fully saturated rings. The van der Waals surface area contributed by atoms with E-state index in [2.05, 4.69) is 5.32 Å². The van der Waals surface area contributed by atoms with Crippen molar-refractivity contribution in [2.75, 3.05) is 23.3 Å². The summed E-state index contributed by atoms with van der Waals surface area (Å²) in [6.07, 6.45) is 1.96. The molecule has 1 saturated heterocycles. The Morgan fingerprint density at radius 3 is 2.30 bits per heavy atom. The Hall–Kier alpha value is -3.12. The smallest absolute Gasteiger partial charge is 0.282 e. The zero-order valence-electron chi connectivity index (χ0n) is 16.9. The number of carbonyl (C=O) groups excluding carboxylic acids is 3. The van der Waals surface area contributed by atoms with Crippen molar-refractivity contribution in [1.82, 2.24) is 4.90 Å². The summed E-state index contributed by atoms with van der Waals surface area (Å²) in [6, 6.07) is 12.2. The summed E-state index contributed by atoms with van der Waals surface area (Å²) in [5, 5.41) is 3.18. The van der Waals surface area contributed by atoms with Crippen LogP contribution in [0.25, 0.3) is 5.57 Å². The minimum atomic E-state index is -0.362. The van der Waals surface area contributed by atoms with Gasteiger partial charge in [-0.2, -0.15) is 0 Å². The number of hydrogen-bond donors (Lipinski definition) is 1. The average molecular weight is 424 g/mol. The monoisotopic (exact) mass is 423 g/mol. The van der Waals surface area contributed by atoms with E-state index in [0.29, 0.717) is 33.2 Å². The Bertz CT molecular complexity index is 1070. The quantitative estimate of drug-likeness (QED) is 0.755. The van der Waals surface area contributed by atoms with Crippen molar-refractivity contribution in [2.45, 2.75) is 26.7 Å². The Labute approximate surface area is 180 Å². The number of nitrogens with one attached hydrogen (secondary N) is 1. The minimum absolute atomic E-state index is 0.172. The third-order valence-electron chi connectivity index (χ3n) is 5.39. The van der Waals surface area contributed by atoms with Gasteiger partial charge >= 0.3 is 0 Å². The number of amides is 3. The number of carbonyl (C=O) groups is 3. The van der Waals surface area contributed by atoms with Gasteiger partial charge < -0.3 is 10.2 Å². The highest BCUT2D eigenvalue weighted by molar-refractivity contribution is 6.45. The molecule has 0 saturated carbocycles. The summed E-state index contributed by atoms with van der Waals surface area (Å²) in [5.74, 6) is -0.859. The lowest BCUT2D eigenvalue weighted by atomic mass is 10.0. The van der Waals surface area contributed by atoms with E-state index in [-0.39, 0.29) is 17.7 Å². The fraction of sp³-hybridized carbons (Fsp3) is 0.261. The molecule has 0 aliphatic carbocycles. The molecule has 2 aromatic carbocycles. The Kier molecular flexibility index (Phi) is 5.35. The molecule has 0 aromatic heterocycles. The van der Waals surface area contributed by atoms with Crippen LogP contribution >= 0.6 is 11.6 Å². The number of likely N-dealkylation sites (tertiary alicyclic amines) is 1. The van der Waals surface area contributed by atoms with Crippen molar-refractivity contribution in [3.8, 4) is 0 Å². The molecule has 0 radical (unpaired) electrons. The zero-order chi connectivity index (χ0) is 21.4. The third kappa shape index (κ3) is 3.59. The SMILES string of the molecule is CC(=O)Nc1ccc(C2=C(N3CCCC3)C(=O)N(c3cc(Cl)ccc3C)C2=O)cc1. The lowest BCUT2D eigenvalue weighted by molar-refractivity contribution is -0.120. The van der Waals surface area contributed by atoms with E-state index in [1.54, 1.807) is 42.5 Å². The lowest BCUT2D eigenvalue weighted by Crippen LogP contribution is -2.35. The van der Waals surface area contributed by atoms with Crippen molar-refractivity contribution in [3.63, 3.8) is 0 Å². The standard InChI is InChI=1S/C23H22ClN3O3/c1-14-5-8-17(24)13-19(14)27-22(29)20(21(23(27)30)26-11-3-4-12-26)16-6-9-18(10-7-16)25-15(2)28/h5-10,13H,3-4,11-12H2,1-2H3,(H,25,28). The van der Waals surface area contributed by atoms with Gasteiger partial charge in [0, 0.05) is 30.7 Å². The normalized spacial score (nSPS) is 16.6. The van der Waals surface area contributed by atoms with Crippen molar-refractivity contribution in [3.05, 3.63) is 64.3 Å². The molecule has 2 aliphatic rings. The lowest BCUT2D eigenvalue weighted by Gasteiger charge is -2.21. The molecule has 30 heavy (non-hydrogen) atoms. The van der Waals surface area contributed by atoms with Gasteiger partial charge in [-0.3, -0.25) is 14.4 Å². The van der Waals surface area contributed by atoms with Gasteiger partial charge in [-0.15, -0.1) is 0 Å². The molecule has 2 heterocycles. The minimum Gasteiger partial charge on any atom is -0.366 e. The maximum Gasteiger partial charge on any atom is 0.282 e. The summed E-state index contributed by atoms with van der Waals surface area (Å²) in [7, 11) is 0. The Morgan fingerprint density at radius 1 is 1.00 bits per heavy atom. The number of nitrogens with zero attached hydrogens (tertiary/aromatic N) is 2. The highest BCUT2D eigenvalue weighted by atomic mass is 35.5. The molecule has 4 rings (SSSR count). The second-order valence-corrected chi connectivity index (χ2v) is 7.99. The van der Waals surface area contributed by atoms with Crippen molar-refractivity contribution in [2.24, 2.45) is 0 Å². The van der Waals surface area contributed by atoms with Crippen LogP contribution in [-0.4, -0.2) is 35.7 Å². The molecule has 3 amide bonds. The van der Waals surface area contributed by atoms with Gasteiger partial charge in [0.05, 0.1) is 11.3 Å². The van der Waals surface area contributed by atoms with Crippen LogP contribution in [0.2, 0.25) is 5.02 Å². The molecule has 0 unspecified atom stereocenters. The van der Waals surface area contributed by atoms with E-state index in [4.69, 9.17) is 11.6 Å². The predicted molar refractivity (Wildman–Crippen MR) is 117 cm³/mol. The van der Waals surface area contributed by atoms with Crippen LogP contribution < -0.4 is 10.2 Å². The molecule has 7 heteroatoms. The third-order valence-corrected chi connectivity index (χ3v) is 5.62. The summed E-state index contributed by atoms with van der Waals surface area (Å²) in [5.41, 5.74) is 3.39. The molecule has 6 nitrogen and oxygen atoms in total. The molecule has 0 atom stereocenters. The fourth-order valence-electron chi connectivity index (χ4n) is 3.98. The molecule has 2 aliphatic heterocycles. The maximum atomic E-state index is 13.5. The maximum absolute atomic E-state index is 13.5. The van der Waals surface area contributed by atoms with Crippen LogP contribution in [0.1, 0.15) is 30.9 Å². The number of rotatable bonds is 4. The number of benzene rings is 2. The fourth-order valence-corrected chi connectivity index (χ4v) is 4.14. The summed E-state index contributed by atoms with van der Waals surface area (Å²) < 4.78 is 0. The van der Waals surface area contributed by atoms with E-state index in [0.717, 1.165) is 31.5 Å². The van der Waals surface area contributed by atoms with Crippen LogP contribution in [0.5, 0.6) is 0 Å². The van der Waals surface area contributed by atoms with E-state index < -0.39 is 0 Å². The first kappa shape index (κ1) is 20.2. The van der Waals surface area contributed by atoms with Crippen LogP contribution in [-0.2, 0) is 14.4 Å². The molecule has 0 bridgehead atoms. The van der Waals surface area contributed by atoms with Gasteiger partial charge in [-0.1, -0.05) is 29.8 Å². The topological polar surface area (TPSA) is 69.7 Å². The van der Waals surface area contributed by atoms with Crippen LogP contribution in [0, 0.1) is 6.92 Å². The second kappa shape index (κ2) is 7.95. The van der Waals surface area contributed by atoms with Gasteiger partial charge in [0.1, 0.15) is 5.70 Å². The first-order chi connectivity index (χ1) is 14.4. The first-order valence-corrected chi connectivity index (χ1v) is 10.3. The van der Waals surface area contributed by atoms with Gasteiger partial charge in [0.25, 0.3) is 11.8 Å². The Balaban J connectivity index is 1.80. The summed E-state index contributed by atoms with van der Waals surface area (Å²) in [6.45, 7) is 4.77. The van der Waals surface area contributed by atoms with Gasteiger partial charge in [0.15, 0.2) is 0 Å². The van der Waals surface area contributed by atoms with E-state index >= 15 is 0 Å². The average Bonchev–Trinajstić information content (AvgIpc) is 3.31. The van der Waals surface area contributed by atoms with Gasteiger partial charge in [0.2, 0.25) is 5.91 Å². The number of anilines is 2. The highest BCUT2D eigenvalue weighted by Gasteiger charge is 2.43. The number of aryl methyl sites for hydroxylation is 1. The van der Waals surface area contributed by atoms with Crippen LogP contribution in [0.3, 0.4) is 0 Å². The summed E-state index contributed by atoms with van der Waals surface area (Å²) in [4.78, 5) is 41.5. The molecule has 154 valence electrons. The molecule has 1 N–H and O–H groups in total. The molecule has 0 spiro atoms. The first-order valence-electron chi connectivity index (χ1n) is 9.89. The number of imide groups is 1.